The number of nitrogens with zero attached hydrogens (tertiary/aromatic N) is 4. The predicted octanol–water partition coefficient (Wildman–Crippen LogP) is 3.15. The van der Waals surface area contributed by atoms with Gasteiger partial charge in [0, 0.05) is 45.0 Å². The van der Waals surface area contributed by atoms with Gasteiger partial charge in [-0.15, -0.1) is 0 Å². The van der Waals surface area contributed by atoms with Gasteiger partial charge in [0.05, 0.1) is 0 Å². The topological polar surface area (TPSA) is 44.3 Å². The molecule has 132 valence electrons. The molecule has 5 nitrogen and oxygen atoms in total. The predicted molar refractivity (Wildman–Crippen MR) is 102 cm³/mol. The summed E-state index contributed by atoms with van der Waals surface area (Å²) in [6, 6.07) is 13.9. The minimum Gasteiger partial charge on any atom is -0.367 e. The number of anilines is 2. The molecule has 1 aliphatic carbocycles. The minimum atomic E-state index is 0.517. The Kier molecular flexibility index (Phi) is 4.83. The fraction of sp³-hybridized carbons (Fsp3) is 0.500. The van der Waals surface area contributed by atoms with Crippen LogP contribution in [0.2, 0.25) is 0 Å². The summed E-state index contributed by atoms with van der Waals surface area (Å²) in [6.07, 6.45) is 6.71. The smallest absolute Gasteiger partial charge is 0.227 e. The van der Waals surface area contributed by atoms with Crippen LogP contribution in [0.3, 0.4) is 0 Å². The molecule has 25 heavy (non-hydrogen) atoms. The highest BCUT2D eigenvalue weighted by Gasteiger charge is 2.25. The van der Waals surface area contributed by atoms with E-state index in [1.54, 1.807) is 0 Å². The van der Waals surface area contributed by atoms with Gasteiger partial charge < -0.3 is 10.2 Å². The first-order valence-electron chi connectivity index (χ1n) is 9.36. The zero-order valence-corrected chi connectivity index (χ0v) is 14.9. The average Bonchev–Trinajstić information content (AvgIpc) is 3.47. The van der Waals surface area contributed by atoms with E-state index < -0.39 is 0 Å². The maximum atomic E-state index is 4.70. The Morgan fingerprint density at radius 3 is 2.56 bits per heavy atom. The van der Waals surface area contributed by atoms with Crippen LogP contribution in [-0.4, -0.2) is 47.1 Å². The van der Waals surface area contributed by atoms with Crippen LogP contribution in [0.5, 0.6) is 0 Å². The molecule has 0 unspecified atom stereocenters. The second-order valence-corrected chi connectivity index (χ2v) is 7.26. The lowest BCUT2D eigenvalue weighted by molar-refractivity contribution is 0.203. The van der Waals surface area contributed by atoms with Gasteiger partial charge in [-0.05, 0) is 37.3 Å². The molecule has 2 aromatic rings. The van der Waals surface area contributed by atoms with Crippen molar-refractivity contribution in [2.75, 3.05) is 30.4 Å². The van der Waals surface area contributed by atoms with E-state index in [1.807, 2.05) is 12.3 Å². The molecule has 0 radical (unpaired) electrons. The molecule has 1 saturated heterocycles. The Morgan fingerprint density at radius 1 is 1.08 bits per heavy atom. The Morgan fingerprint density at radius 2 is 1.84 bits per heavy atom. The zero-order valence-electron chi connectivity index (χ0n) is 14.9. The molecule has 1 aromatic heterocycles. The molecule has 5 heteroatoms. The van der Waals surface area contributed by atoms with Crippen LogP contribution in [0, 0.1) is 0 Å². The molecule has 1 aromatic carbocycles. The lowest BCUT2D eigenvalue weighted by Gasteiger charge is -2.36. The van der Waals surface area contributed by atoms with Gasteiger partial charge in [0.25, 0.3) is 0 Å². The van der Waals surface area contributed by atoms with E-state index in [4.69, 9.17) is 4.98 Å². The summed E-state index contributed by atoms with van der Waals surface area (Å²) in [4.78, 5) is 14.0. The molecule has 0 amide bonds. The van der Waals surface area contributed by atoms with Crippen molar-refractivity contribution in [1.82, 2.24) is 14.9 Å². The van der Waals surface area contributed by atoms with Gasteiger partial charge in [0.2, 0.25) is 5.95 Å². The molecular formula is C20H27N5. The molecule has 1 N–H and O–H groups in total. The third-order valence-corrected chi connectivity index (χ3v) is 5.24. The van der Waals surface area contributed by atoms with Crippen LogP contribution >= 0.6 is 0 Å². The van der Waals surface area contributed by atoms with Gasteiger partial charge in [-0.3, -0.25) is 4.90 Å². The molecule has 0 spiro atoms. The van der Waals surface area contributed by atoms with Gasteiger partial charge in [-0.2, -0.15) is 4.98 Å². The van der Waals surface area contributed by atoms with Crippen molar-refractivity contribution in [3.63, 3.8) is 0 Å². The summed E-state index contributed by atoms with van der Waals surface area (Å²) in [5.41, 5.74) is 1.40. The summed E-state index contributed by atoms with van der Waals surface area (Å²) in [7, 11) is 2.13. The maximum absolute atomic E-state index is 4.70. The molecule has 4 rings (SSSR count). The van der Waals surface area contributed by atoms with Crippen LogP contribution < -0.4 is 10.2 Å². The molecular weight excluding hydrogens is 310 g/mol. The van der Waals surface area contributed by atoms with Gasteiger partial charge in [0.15, 0.2) is 0 Å². The Hall–Kier alpha value is -2.14. The van der Waals surface area contributed by atoms with E-state index >= 15 is 0 Å². The van der Waals surface area contributed by atoms with E-state index in [0.29, 0.717) is 12.1 Å². The van der Waals surface area contributed by atoms with Crippen LogP contribution in [0.25, 0.3) is 0 Å². The Bertz CT molecular complexity index is 677. The SMILES string of the molecule is CN(c1nccc(NC2CC2)n1)C1CCN(Cc2ccccc2)CC1. The number of nitrogens with one attached hydrogen (secondary N) is 1. The first-order chi connectivity index (χ1) is 12.3. The number of likely N-dealkylation sites (tertiary alicyclic amines) is 1. The quantitative estimate of drug-likeness (QED) is 0.877. The second-order valence-electron chi connectivity index (χ2n) is 7.26. The van der Waals surface area contributed by atoms with E-state index in [9.17, 15) is 0 Å². The van der Waals surface area contributed by atoms with E-state index in [2.05, 4.69) is 57.5 Å². The Balaban J connectivity index is 1.32. The van der Waals surface area contributed by atoms with Crippen LogP contribution in [0.4, 0.5) is 11.8 Å². The molecule has 0 bridgehead atoms. The van der Waals surface area contributed by atoms with Gasteiger partial charge in [0.1, 0.15) is 5.82 Å². The fourth-order valence-electron chi connectivity index (χ4n) is 3.51. The van der Waals surface area contributed by atoms with Crippen molar-refractivity contribution in [1.29, 1.82) is 0 Å². The zero-order chi connectivity index (χ0) is 17.1. The summed E-state index contributed by atoms with van der Waals surface area (Å²) in [6.45, 7) is 3.31. The van der Waals surface area contributed by atoms with Gasteiger partial charge in [-0.1, -0.05) is 30.3 Å². The number of benzene rings is 1. The summed E-state index contributed by atoms with van der Waals surface area (Å²) in [5.74, 6) is 1.80. The van der Waals surface area contributed by atoms with E-state index in [0.717, 1.165) is 44.2 Å². The minimum absolute atomic E-state index is 0.517. The van der Waals surface area contributed by atoms with Crippen molar-refractivity contribution >= 4 is 11.8 Å². The van der Waals surface area contributed by atoms with Crippen LogP contribution in [-0.2, 0) is 6.54 Å². The van der Waals surface area contributed by atoms with E-state index in [1.165, 1.54) is 18.4 Å². The first-order valence-corrected chi connectivity index (χ1v) is 9.36. The number of rotatable bonds is 6. The standard InChI is InChI=1S/C20H27N5/c1-24(20-21-12-9-19(23-20)22-17-7-8-17)18-10-13-25(14-11-18)15-16-5-3-2-4-6-16/h2-6,9,12,17-18H,7-8,10-11,13-15H2,1H3,(H,21,22,23). The molecule has 2 aliphatic rings. The highest BCUT2D eigenvalue weighted by atomic mass is 15.3. The van der Waals surface area contributed by atoms with E-state index in [-0.39, 0.29) is 0 Å². The largest absolute Gasteiger partial charge is 0.367 e. The van der Waals surface area contributed by atoms with Crippen LogP contribution in [0.15, 0.2) is 42.6 Å². The molecule has 0 atom stereocenters. The number of piperidine rings is 1. The molecule has 1 saturated carbocycles. The van der Waals surface area contributed by atoms with Crippen molar-refractivity contribution in [2.24, 2.45) is 0 Å². The summed E-state index contributed by atoms with van der Waals surface area (Å²) in [5, 5.41) is 3.46. The van der Waals surface area contributed by atoms with Crippen molar-refractivity contribution in [2.45, 2.75) is 44.3 Å². The lowest BCUT2D eigenvalue weighted by atomic mass is 10.0. The van der Waals surface area contributed by atoms with Gasteiger partial charge >= 0.3 is 0 Å². The first kappa shape index (κ1) is 16.3. The monoisotopic (exact) mass is 337 g/mol. The van der Waals surface area contributed by atoms with Crippen molar-refractivity contribution < 1.29 is 0 Å². The lowest BCUT2D eigenvalue weighted by Crippen LogP contribution is -2.43. The third-order valence-electron chi connectivity index (χ3n) is 5.24. The molecule has 2 heterocycles. The highest BCUT2D eigenvalue weighted by Crippen LogP contribution is 2.25. The fourth-order valence-corrected chi connectivity index (χ4v) is 3.51. The average molecular weight is 337 g/mol. The Labute approximate surface area is 150 Å². The summed E-state index contributed by atoms with van der Waals surface area (Å²) >= 11 is 0. The number of aromatic nitrogens is 2. The normalized spacial score (nSPS) is 18.9. The van der Waals surface area contributed by atoms with Crippen molar-refractivity contribution in [3.05, 3.63) is 48.2 Å². The van der Waals surface area contributed by atoms with Gasteiger partial charge in [-0.25, -0.2) is 4.98 Å². The highest BCUT2D eigenvalue weighted by molar-refractivity contribution is 5.43. The molecule has 2 fully saturated rings. The number of hydrogen-bond acceptors (Lipinski definition) is 5. The number of hydrogen-bond donors (Lipinski definition) is 1. The molecule has 1 aliphatic heterocycles. The summed E-state index contributed by atoms with van der Waals surface area (Å²) < 4.78 is 0. The van der Waals surface area contributed by atoms with Crippen LogP contribution in [0.1, 0.15) is 31.2 Å². The maximum Gasteiger partial charge on any atom is 0.227 e. The second kappa shape index (κ2) is 7.40. The van der Waals surface area contributed by atoms with Crippen molar-refractivity contribution in [3.8, 4) is 0 Å². The third kappa shape index (κ3) is 4.28.